The molecule has 0 unspecified atom stereocenters. The third-order valence-corrected chi connectivity index (χ3v) is 2.45. The largest absolute Gasteiger partial charge is 0.266 e. The average molecular weight is 237 g/mol. The second-order valence-electron chi connectivity index (χ2n) is 2.42. The van der Waals surface area contributed by atoms with Crippen molar-refractivity contribution in [1.82, 2.24) is 4.98 Å². The number of nitrogens with zero attached hydrogens (tertiary/aromatic N) is 2. The molecule has 0 radical (unpaired) electrons. The molecule has 0 atom stereocenters. The van der Waals surface area contributed by atoms with Crippen molar-refractivity contribution in [3.05, 3.63) is 27.5 Å². The van der Waals surface area contributed by atoms with Gasteiger partial charge < -0.3 is 0 Å². The van der Waals surface area contributed by atoms with Gasteiger partial charge in [0.25, 0.3) is 6.43 Å². The summed E-state index contributed by atoms with van der Waals surface area (Å²) in [5, 5.41) is 8.06. The number of nitriles is 1. The Morgan fingerprint density at radius 3 is 2.57 bits per heavy atom. The summed E-state index contributed by atoms with van der Waals surface area (Å²) < 4.78 is 24.6. The van der Waals surface area contributed by atoms with E-state index in [0.29, 0.717) is 0 Å². The molecule has 0 saturated heterocycles. The Hall–Kier alpha value is -0.920. The summed E-state index contributed by atoms with van der Waals surface area (Å²) >= 11 is 11.2. The summed E-state index contributed by atoms with van der Waals surface area (Å²) in [5.41, 5.74) is -0.207. The van der Waals surface area contributed by atoms with E-state index >= 15 is 0 Å². The highest BCUT2D eigenvalue weighted by molar-refractivity contribution is 6.42. The molecule has 0 amide bonds. The molecule has 14 heavy (non-hydrogen) atoms. The monoisotopic (exact) mass is 236 g/mol. The van der Waals surface area contributed by atoms with Crippen LogP contribution >= 0.6 is 23.2 Å². The van der Waals surface area contributed by atoms with Gasteiger partial charge in [-0.05, 0) is 0 Å². The molecule has 2 nitrogen and oxygen atoms in total. The van der Waals surface area contributed by atoms with Gasteiger partial charge in [0.05, 0.1) is 33.8 Å². The van der Waals surface area contributed by atoms with Crippen molar-refractivity contribution in [2.45, 2.75) is 12.8 Å². The number of pyridine rings is 1. The zero-order valence-corrected chi connectivity index (χ0v) is 8.28. The SMILES string of the molecule is N#CCc1ncc(C(F)F)c(Cl)c1Cl. The van der Waals surface area contributed by atoms with E-state index < -0.39 is 12.0 Å². The Morgan fingerprint density at radius 1 is 1.43 bits per heavy atom. The highest BCUT2D eigenvalue weighted by Crippen LogP contribution is 2.33. The van der Waals surface area contributed by atoms with Gasteiger partial charge in [0.2, 0.25) is 0 Å². The number of alkyl halides is 2. The molecule has 0 fully saturated rings. The minimum Gasteiger partial charge on any atom is -0.258 e. The number of hydrogen-bond donors (Lipinski definition) is 0. The molecule has 6 heteroatoms. The molecule has 0 spiro atoms. The minimum absolute atomic E-state index is 0.0535. The molecule has 0 bridgehead atoms. The molecule has 0 N–H and O–H groups in total. The number of hydrogen-bond acceptors (Lipinski definition) is 2. The average Bonchev–Trinajstić information content (AvgIpc) is 2.13. The second-order valence-corrected chi connectivity index (χ2v) is 3.18. The van der Waals surface area contributed by atoms with Crippen LogP contribution in [0.5, 0.6) is 0 Å². The zero-order valence-electron chi connectivity index (χ0n) is 6.77. The maximum Gasteiger partial charge on any atom is 0.266 e. The van der Waals surface area contributed by atoms with Gasteiger partial charge in [0.1, 0.15) is 0 Å². The van der Waals surface area contributed by atoms with Crippen molar-refractivity contribution in [3.63, 3.8) is 0 Å². The number of rotatable bonds is 2. The number of aromatic nitrogens is 1. The first-order valence-electron chi connectivity index (χ1n) is 3.55. The van der Waals surface area contributed by atoms with Gasteiger partial charge in [-0.1, -0.05) is 23.2 Å². The Morgan fingerprint density at radius 2 is 2.07 bits per heavy atom. The van der Waals surface area contributed by atoms with Crippen LogP contribution < -0.4 is 0 Å². The quantitative estimate of drug-likeness (QED) is 0.790. The van der Waals surface area contributed by atoms with E-state index in [1.165, 1.54) is 0 Å². The molecule has 1 aromatic rings. The van der Waals surface area contributed by atoms with Gasteiger partial charge in [0.15, 0.2) is 0 Å². The van der Waals surface area contributed by atoms with Crippen LogP contribution in [0.4, 0.5) is 8.78 Å². The van der Waals surface area contributed by atoms with Crippen LogP contribution in [-0.2, 0) is 6.42 Å². The van der Waals surface area contributed by atoms with Crippen LogP contribution in [0.3, 0.4) is 0 Å². The minimum atomic E-state index is -2.72. The van der Waals surface area contributed by atoms with Crippen LogP contribution in [0.2, 0.25) is 10.0 Å². The van der Waals surface area contributed by atoms with Crippen LogP contribution in [0, 0.1) is 11.3 Å². The van der Waals surface area contributed by atoms with Crippen LogP contribution in [0.1, 0.15) is 17.7 Å². The third kappa shape index (κ3) is 2.11. The smallest absolute Gasteiger partial charge is 0.258 e. The molecular formula is C8H4Cl2F2N2. The van der Waals surface area contributed by atoms with Crippen molar-refractivity contribution < 1.29 is 8.78 Å². The van der Waals surface area contributed by atoms with Gasteiger partial charge in [0, 0.05) is 6.20 Å². The van der Waals surface area contributed by atoms with Crippen molar-refractivity contribution in [2.75, 3.05) is 0 Å². The summed E-state index contributed by atoms with van der Waals surface area (Å²) in [5.74, 6) is 0. The first-order valence-corrected chi connectivity index (χ1v) is 4.31. The van der Waals surface area contributed by atoms with Gasteiger partial charge in [-0.3, -0.25) is 4.98 Å². The molecule has 1 heterocycles. The standard InChI is InChI=1S/C8H4Cl2F2N2/c9-6-4(8(11)12)3-14-5(1-2-13)7(6)10/h3,8H,1H2. The highest BCUT2D eigenvalue weighted by Gasteiger charge is 2.17. The van der Waals surface area contributed by atoms with Crippen molar-refractivity contribution in [1.29, 1.82) is 5.26 Å². The first kappa shape index (κ1) is 11.2. The fourth-order valence-corrected chi connectivity index (χ4v) is 1.33. The highest BCUT2D eigenvalue weighted by atomic mass is 35.5. The Balaban J connectivity index is 3.20. The van der Waals surface area contributed by atoms with Crippen molar-refractivity contribution in [2.24, 2.45) is 0 Å². The third-order valence-electron chi connectivity index (χ3n) is 1.54. The Labute approximate surface area is 89.1 Å². The van der Waals surface area contributed by atoms with Gasteiger partial charge in [-0.15, -0.1) is 0 Å². The fourth-order valence-electron chi connectivity index (χ4n) is 0.864. The van der Waals surface area contributed by atoms with Crippen molar-refractivity contribution >= 4 is 23.2 Å². The maximum absolute atomic E-state index is 12.3. The molecule has 0 aliphatic carbocycles. The van der Waals surface area contributed by atoms with E-state index in [1.807, 2.05) is 6.07 Å². The number of halogens is 4. The van der Waals surface area contributed by atoms with E-state index in [0.717, 1.165) is 6.20 Å². The lowest BCUT2D eigenvalue weighted by molar-refractivity contribution is 0.151. The van der Waals surface area contributed by atoms with E-state index in [9.17, 15) is 8.78 Å². The summed E-state index contributed by atoms with van der Waals surface area (Å²) in [4.78, 5) is 3.63. The predicted molar refractivity (Wildman–Crippen MR) is 48.5 cm³/mol. The van der Waals surface area contributed by atoms with Crippen LogP contribution in [0.15, 0.2) is 6.20 Å². The molecule has 1 rings (SSSR count). The lowest BCUT2D eigenvalue weighted by atomic mass is 10.2. The summed E-state index contributed by atoms with van der Waals surface area (Å²) in [7, 11) is 0. The van der Waals surface area contributed by atoms with Crippen molar-refractivity contribution in [3.8, 4) is 6.07 Å². The molecule has 0 aliphatic heterocycles. The lowest BCUT2D eigenvalue weighted by Gasteiger charge is -2.06. The lowest BCUT2D eigenvalue weighted by Crippen LogP contribution is -1.95. The van der Waals surface area contributed by atoms with E-state index in [-0.39, 0.29) is 22.2 Å². The molecule has 0 aromatic carbocycles. The summed E-state index contributed by atoms with van der Waals surface area (Å²) in [6.45, 7) is 0. The summed E-state index contributed by atoms with van der Waals surface area (Å²) in [6.07, 6.45) is -1.84. The second kappa shape index (κ2) is 4.54. The predicted octanol–water partition coefficient (Wildman–Crippen LogP) is 3.39. The Bertz CT molecular complexity index is 388. The molecule has 0 aliphatic rings. The van der Waals surface area contributed by atoms with Crippen LogP contribution in [-0.4, -0.2) is 4.98 Å². The normalized spacial score (nSPS) is 10.3. The van der Waals surface area contributed by atoms with Crippen LogP contribution in [0.25, 0.3) is 0 Å². The molecule has 74 valence electrons. The molecule has 1 aromatic heterocycles. The Kier molecular flexibility index (Phi) is 3.62. The van der Waals surface area contributed by atoms with Gasteiger partial charge in [-0.2, -0.15) is 5.26 Å². The topological polar surface area (TPSA) is 36.7 Å². The van der Waals surface area contributed by atoms with Gasteiger partial charge in [-0.25, -0.2) is 8.78 Å². The van der Waals surface area contributed by atoms with E-state index in [2.05, 4.69) is 4.98 Å². The van der Waals surface area contributed by atoms with E-state index in [4.69, 9.17) is 28.5 Å². The molecular weight excluding hydrogens is 233 g/mol. The fraction of sp³-hybridized carbons (Fsp3) is 0.250. The maximum atomic E-state index is 12.3. The molecule has 0 saturated carbocycles. The first-order chi connectivity index (χ1) is 6.57. The van der Waals surface area contributed by atoms with E-state index in [1.54, 1.807) is 0 Å². The summed E-state index contributed by atoms with van der Waals surface area (Å²) in [6, 6.07) is 1.81. The van der Waals surface area contributed by atoms with Gasteiger partial charge >= 0.3 is 0 Å². The zero-order chi connectivity index (χ0) is 10.7.